The molecular weight excluding hydrogens is 324 g/mol. The van der Waals surface area contributed by atoms with Gasteiger partial charge >= 0.3 is 5.97 Å². The fourth-order valence-corrected chi connectivity index (χ4v) is 3.35. The Kier molecular flexibility index (Phi) is 4.21. The molecule has 0 atom stereocenters. The number of hydrogen-bond acceptors (Lipinski definition) is 3. The van der Waals surface area contributed by atoms with Crippen molar-refractivity contribution in [1.82, 2.24) is 0 Å². The summed E-state index contributed by atoms with van der Waals surface area (Å²) < 4.78 is 11.5. The fraction of sp³-hybridized carbons (Fsp3) is 0.174. The van der Waals surface area contributed by atoms with Crippen molar-refractivity contribution in [2.75, 3.05) is 0 Å². The molecule has 0 heterocycles. The molecule has 0 unspecified atom stereocenters. The highest BCUT2D eigenvalue weighted by atomic mass is 16.5. The molecule has 0 radical (unpaired) electrons. The number of esters is 1. The number of carbonyl (C=O) groups is 1. The van der Waals surface area contributed by atoms with Crippen LogP contribution in [-0.4, -0.2) is 12.1 Å². The number of fused-ring (bicyclic) bond motifs is 3. The Morgan fingerprint density at radius 3 is 1.88 bits per heavy atom. The lowest BCUT2D eigenvalue weighted by Gasteiger charge is -2.15. The Balaban J connectivity index is 1.60. The van der Waals surface area contributed by atoms with Crippen LogP contribution in [0.15, 0.2) is 72.8 Å². The summed E-state index contributed by atoms with van der Waals surface area (Å²) in [5.41, 5.74) is 4.83. The topological polar surface area (TPSA) is 35.5 Å². The maximum absolute atomic E-state index is 12.7. The van der Waals surface area contributed by atoms with E-state index in [0.717, 1.165) is 28.0 Å². The van der Waals surface area contributed by atoms with Crippen LogP contribution in [0.25, 0.3) is 11.1 Å². The van der Waals surface area contributed by atoms with Gasteiger partial charge < -0.3 is 9.47 Å². The first-order chi connectivity index (χ1) is 12.6. The van der Waals surface area contributed by atoms with Crippen LogP contribution < -0.4 is 4.74 Å². The number of carbonyl (C=O) groups excluding carboxylic acids is 1. The molecule has 4 rings (SSSR count). The van der Waals surface area contributed by atoms with Gasteiger partial charge in [0, 0.05) is 11.1 Å². The third-order valence-electron chi connectivity index (χ3n) is 4.46. The Morgan fingerprint density at radius 2 is 1.35 bits per heavy atom. The van der Waals surface area contributed by atoms with Crippen molar-refractivity contribution in [3.05, 3.63) is 89.5 Å². The lowest BCUT2D eigenvalue weighted by atomic mass is 10.1. The van der Waals surface area contributed by atoms with Gasteiger partial charge in [-0.3, -0.25) is 0 Å². The van der Waals surface area contributed by atoms with Crippen LogP contribution in [0.4, 0.5) is 0 Å². The zero-order valence-corrected chi connectivity index (χ0v) is 14.8. The van der Waals surface area contributed by atoms with Crippen molar-refractivity contribution in [2.24, 2.45) is 0 Å². The molecule has 0 saturated heterocycles. The van der Waals surface area contributed by atoms with E-state index in [1.807, 2.05) is 50.2 Å². The summed E-state index contributed by atoms with van der Waals surface area (Å²) in [6.07, 6.45) is -0.277. The molecule has 1 aliphatic carbocycles. The van der Waals surface area contributed by atoms with Crippen LogP contribution in [0.5, 0.6) is 5.75 Å². The molecule has 0 amide bonds. The Labute approximate surface area is 153 Å². The van der Waals surface area contributed by atoms with E-state index in [1.165, 1.54) is 0 Å². The normalized spacial score (nSPS) is 12.6. The molecule has 3 nitrogen and oxygen atoms in total. The summed E-state index contributed by atoms with van der Waals surface area (Å²) in [6, 6.07) is 23.2. The SMILES string of the molecule is CC(C)Oc1ccc(C(=O)OC2c3ccccc3-c3ccccc32)cc1. The van der Waals surface area contributed by atoms with Gasteiger partial charge in [-0.05, 0) is 49.2 Å². The van der Waals surface area contributed by atoms with Crippen molar-refractivity contribution in [1.29, 1.82) is 0 Å². The number of ether oxygens (including phenoxy) is 2. The van der Waals surface area contributed by atoms with Crippen LogP contribution in [0.2, 0.25) is 0 Å². The molecule has 3 aromatic carbocycles. The Morgan fingerprint density at radius 1 is 0.808 bits per heavy atom. The lowest BCUT2D eigenvalue weighted by Crippen LogP contribution is -2.11. The number of hydrogen-bond donors (Lipinski definition) is 0. The largest absolute Gasteiger partial charge is 0.491 e. The smallest absolute Gasteiger partial charge is 0.339 e. The minimum Gasteiger partial charge on any atom is -0.491 e. The molecule has 1 aliphatic rings. The standard InChI is InChI=1S/C23H20O3/c1-15(2)25-17-13-11-16(12-14-17)23(24)26-22-20-9-5-3-7-18(20)19-8-4-6-10-21(19)22/h3-15,22H,1-2H3. The average molecular weight is 344 g/mol. The highest BCUT2D eigenvalue weighted by Crippen LogP contribution is 2.45. The number of rotatable bonds is 4. The molecule has 130 valence electrons. The first-order valence-corrected chi connectivity index (χ1v) is 8.79. The van der Waals surface area contributed by atoms with Gasteiger partial charge in [0.05, 0.1) is 11.7 Å². The molecule has 3 heteroatoms. The lowest BCUT2D eigenvalue weighted by molar-refractivity contribution is 0.0385. The molecule has 3 aromatic rings. The monoisotopic (exact) mass is 344 g/mol. The van der Waals surface area contributed by atoms with Crippen molar-refractivity contribution in [2.45, 2.75) is 26.1 Å². The minimum absolute atomic E-state index is 0.0966. The highest BCUT2D eigenvalue weighted by Gasteiger charge is 2.31. The van der Waals surface area contributed by atoms with Crippen molar-refractivity contribution >= 4 is 5.97 Å². The molecule has 0 aromatic heterocycles. The molecular formula is C23H20O3. The van der Waals surface area contributed by atoms with E-state index in [1.54, 1.807) is 24.3 Å². The second-order valence-corrected chi connectivity index (χ2v) is 6.65. The van der Waals surface area contributed by atoms with Crippen LogP contribution in [0, 0.1) is 0 Å². The predicted molar refractivity (Wildman–Crippen MR) is 101 cm³/mol. The third-order valence-corrected chi connectivity index (χ3v) is 4.46. The maximum atomic E-state index is 12.7. The van der Waals surface area contributed by atoms with Gasteiger partial charge in [0.1, 0.15) is 5.75 Å². The first-order valence-electron chi connectivity index (χ1n) is 8.79. The maximum Gasteiger partial charge on any atom is 0.339 e. The Bertz CT molecular complexity index is 896. The van der Waals surface area contributed by atoms with Crippen LogP contribution in [0.3, 0.4) is 0 Å². The second kappa shape index (κ2) is 6.68. The van der Waals surface area contributed by atoms with E-state index < -0.39 is 0 Å². The summed E-state index contributed by atoms with van der Waals surface area (Å²) in [5.74, 6) is 0.408. The van der Waals surface area contributed by atoms with E-state index in [2.05, 4.69) is 12.1 Å². The summed E-state index contributed by atoms with van der Waals surface area (Å²) >= 11 is 0. The van der Waals surface area contributed by atoms with Gasteiger partial charge in [-0.2, -0.15) is 0 Å². The third kappa shape index (κ3) is 2.97. The summed E-state index contributed by atoms with van der Waals surface area (Å²) in [5, 5.41) is 0. The Hall–Kier alpha value is -3.07. The van der Waals surface area contributed by atoms with Gasteiger partial charge in [0.25, 0.3) is 0 Å². The molecule has 0 spiro atoms. The molecule has 0 aliphatic heterocycles. The van der Waals surface area contributed by atoms with Gasteiger partial charge in [-0.15, -0.1) is 0 Å². The molecule has 0 fully saturated rings. The van der Waals surface area contributed by atoms with E-state index >= 15 is 0 Å². The quantitative estimate of drug-likeness (QED) is 0.594. The van der Waals surface area contributed by atoms with Crippen LogP contribution >= 0.6 is 0 Å². The van der Waals surface area contributed by atoms with Crippen LogP contribution in [-0.2, 0) is 4.74 Å². The zero-order chi connectivity index (χ0) is 18.1. The van der Waals surface area contributed by atoms with E-state index in [0.29, 0.717) is 5.56 Å². The van der Waals surface area contributed by atoms with E-state index in [-0.39, 0.29) is 18.2 Å². The summed E-state index contributed by atoms with van der Waals surface area (Å²) in [7, 11) is 0. The minimum atomic E-state index is -0.374. The summed E-state index contributed by atoms with van der Waals surface area (Å²) in [4.78, 5) is 12.7. The van der Waals surface area contributed by atoms with Gasteiger partial charge in [-0.25, -0.2) is 4.79 Å². The van der Waals surface area contributed by atoms with Gasteiger partial charge in [-0.1, -0.05) is 48.5 Å². The predicted octanol–water partition coefficient (Wildman–Crippen LogP) is 5.40. The number of benzene rings is 3. The van der Waals surface area contributed by atoms with Gasteiger partial charge in [0.2, 0.25) is 0 Å². The molecule has 0 saturated carbocycles. The fourth-order valence-electron chi connectivity index (χ4n) is 3.35. The first kappa shape index (κ1) is 16.4. The molecule has 0 bridgehead atoms. The van der Waals surface area contributed by atoms with Crippen molar-refractivity contribution in [3.63, 3.8) is 0 Å². The van der Waals surface area contributed by atoms with Crippen LogP contribution in [0.1, 0.15) is 41.4 Å². The van der Waals surface area contributed by atoms with Crippen molar-refractivity contribution in [3.8, 4) is 16.9 Å². The van der Waals surface area contributed by atoms with Crippen molar-refractivity contribution < 1.29 is 14.3 Å². The second-order valence-electron chi connectivity index (χ2n) is 6.65. The van der Waals surface area contributed by atoms with Gasteiger partial charge in [0.15, 0.2) is 6.10 Å². The zero-order valence-electron chi connectivity index (χ0n) is 14.8. The highest BCUT2D eigenvalue weighted by molar-refractivity contribution is 5.90. The molecule has 26 heavy (non-hydrogen) atoms. The molecule has 0 N–H and O–H groups in total. The summed E-state index contributed by atoms with van der Waals surface area (Å²) in [6.45, 7) is 3.94. The van der Waals surface area contributed by atoms with E-state index in [4.69, 9.17) is 9.47 Å². The average Bonchev–Trinajstić information content (AvgIpc) is 2.96. The van der Waals surface area contributed by atoms with E-state index in [9.17, 15) is 4.79 Å².